The van der Waals surface area contributed by atoms with Crippen LogP contribution >= 0.6 is 0 Å². The van der Waals surface area contributed by atoms with Gasteiger partial charge in [-0.1, -0.05) is 34.6 Å². The fourth-order valence-corrected chi connectivity index (χ4v) is 5.24. The number of phenolic OH excluding ortho intramolecular Hbond substituents is 3. The molecule has 11 heteroatoms. The Hall–Kier alpha value is -2.15. The second-order valence-electron chi connectivity index (χ2n) is 18.8. The molecule has 304 valence electrons. The number of aromatic hydroxyl groups is 3. The summed E-state index contributed by atoms with van der Waals surface area (Å²) in [6.07, 6.45) is 1.79. The van der Waals surface area contributed by atoms with Gasteiger partial charge in [0.05, 0.1) is 36.1 Å². The summed E-state index contributed by atoms with van der Waals surface area (Å²) in [5.74, 6) is -3.39. The van der Waals surface area contributed by atoms with Gasteiger partial charge in [-0.2, -0.15) is 0 Å². The number of aliphatic carboxylic acids is 1. The van der Waals surface area contributed by atoms with E-state index in [0.29, 0.717) is 26.4 Å². The maximum Gasteiger partial charge on any atom is 0.325 e. The minimum atomic E-state index is -1.40. The molecule has 3 atom stereocenters. The average molecular weight is 741 g/mol. The zero-order valence-corrected chi connectivity index (χ0v) is 35.7. The Morgan fingerprint density at radius 2 is 1.21 bits per heavy atom. The van der Waals surface area contributed by atoms with Crippen LogP contribution in [-0.2, 0) is 30.3 Å². The van der Waals surface area contributed by atoms with Crippen molar-refractivity contribution in [3.05, 3.63) is 17.2 Å². The molecule has 0 bridgehead atoms. The number of hydrogen-bond donors (Lipinski definition) is 6. The van der Waals surface area contributed by atoms with Crippen LogP contribution in [0.4, 0.5) is 0 Å². The van der Waals surface area contributed by atoms with E-state index in [4.69, 9.17) is 18.9 Å². The molecule has 1 rings (SSSR count). The number of hydrogen-bond acceptors (Lipinski definition) is 10. The number of carbonyl (C=O) groups is 1. The van der Waals surface area contributed by atoms with Crippen molar-refractivity contribution >= 4 is 5.97 Å². The number of phenols is 3. The first-order valence-corrected chi connectivity index (χ1v) is 18.9. The molecule has 11 nitrogen and oxygen atoms in total. The number of carboxylic acids is 1. The van der Waals surface area contributed by atoms with E-state index in [1.54, 1.807) is 0 Å². The summed E-state index contributed by atoms with van der Waals surface area (Å²) in [5.41, 5.74) is -2.18. The van der Waals surface area contributed by atoms with Crippen LogP contribution in [0.3, 0.4) is 0 Å². The predicted octanol–water partition coefficient (Wildman–Crippen LogP) is 8.07. The Morgan fingerprint density at radius 1 is 0.712 bits per heavy atom. The molecule has 1 aromatic rings. The fraction of sp³-hybridized carbons (Fsp3) is 0.829. The third-order valence-corrected chi connectivity index (χ3v) is 11.4. The van der Waals surface area contributed by atoms with Crippen LogP contribution in [0.25, 0.3) is 0 Å². The highest BCUT2D eigenvalue weighted by atomic mass is 16.5. The number of nitrogens with one attached hydrogen (secondary N) is 2. The van der Waals surface area contributed by atoms with Gasteiger partial charge < -0.3 is 44.7 Å². The molecule has 0 saturated heterocycles. The third kappa shape index (κ3) is 13.9. The Balaban J connectivity index is 3.08. The number of carboxylic acid groups (broad SMARTS) is 1. The van der Waals surface area contributed by atoms with Crippen LogP contribution in [0, 0.1) is 16.7 Å². The molecule has 1 aromatic carbocycles. The molecule has 52 heavy (non-hydrogen) atoms. The van der Waals surface area contributed by atoms with E-state index in [1.165, 1.54) is 6.07 Å². The molecule has 3 unspecified atom stereocenters. The lowest BCUT2D eigenvalue weighted by Gasteiger charge is -2.44. The normalized spacial score (nSPS) is 15.6. The van der Waals surface area contributed by atoms with Crippen molar-refractivity contribution in [3.8, 4) is 17.2 Å². The summed E-state index contributed by atoms with van der Waals surface area (Å²) in [6.45, 7) is 36.7. The van der Waals surface area contributed by atoms with Gasteiger partial charge in [0.25, 0.3) is 0 Å². The van der Waals surface area contributed by atoms with Crippen molar-refractivity contribution in [2.45, 2.75) is 178 Å². The monoisotopic (exact) mass is 741 g/mol. The number of benzene rings is 1. The minimum Gasteiger partial charge on any atom is -0.504 e. The Kier molecular flexibility index (Phi) is 17.0. The molecule has 0 spiro atoms. The van der Waals surface area contributed by atoms with Crippen molar-refractivity contribution in [3.63, 3.8) is 0 Å². The minimum absolute atomic E-state index is 0.0588. The largest absolute Gasteiger partial charge is 0.504 e. The van der Waals surface area contributed by atoms with Crippen LogP contribution in [0.1, 0.15) is 148 Å². The smallest absolute Gasteiger partial charge is 0.325 e. The summed E-state index contributed by atoms with van der Waals surface area (Å²) >= 11 is 0. The summed E-state index contributed by atoms with van der Waals surface area (Å²) in [7, 11) is 0. The quantitative estimate of drug-likeness (QED) is 0.0603. The van der Waals surface area contributed by atoms with E-state index >= 15 is 0 Å². The highest BCUT2D eigenvalue weighted by Gasteiger charge is 2.41. The molecule has 0 amide bonds. The Labute approximate surface area is 315 Å². The second kappa shape index (κ2) is 18.5. The zero-order valence-electron chi connectivity index (χ0n) is 35.7. The van der Waals surface area contributed by atoms with Gasteiger partial charge in [-0.05, 0) is 119 Å². The van der Waals surface area contributed by atoms with Gasteiger partial charge in [-0.15, -0.1) is 0 Å². The third-order valence-electron chi connectivity index (χ3n) is 11.4. The van der Waals surface area contributed by atoms with Gasteiger partial charge in [-0.25, -0.2) is 0 Å². The van der Waals surface area contributed by atoms with Gasteiger partial charge in [0, 0.05) is 42.5 Å². The van der Waals surface area contributed by atoms with Gasteiger partial charge in [-0.3, -0.25) is 10.1 Å². The SMILES string of the molecule is CC(COC(C)(C)C(C)(C)CCOC(C)C)NCc1cc(C(NC(C)(C)C(C)COC(C)(C)C(C)(C)CCOC(C)(C)C)C(=O)O)c(O)c(O)c1O. The fourth-order valence-electron chi connectivity index (χ4n) is 5.24. The van der Waals surface area contributed by atoms with Crippen LogP contribution in [0.5, 0.6) is 17.2 Å². The number of rotatable bonds is 23. The first-order chi connectivity index (χ1) is 23.4. The molecule has 0 aliphatic heterocycles. The molecule has 0 fully saturated rings. The molecule has 0 aliphatic rings. The first-order valence-electron chi connectivity index (χ1n) is 18.9. The summed E-state index contributed by atoms with van der Waals surface area (Å²) in [4.78, 5) is 12.7. The van der Waals surface area contributed by atoms with E-state index in [9.17, 15) is 25.2 Å². The second-order valence-corrected chi connectivity index (χ2v) is 18.8. The summed E-state index contributed by atoms with van der Waals surface area (Å²) < 4.78 is 24.6. The van der Waals surface area contributed by atoms with E-state index in [0.717, 1.165) is 12.8 Å². The molecule has 0 aliphatic carbocycles. The van der Waals surface area contributed by atoms with Gasteiger partial charge in [0.15, 0.2) is 11.5 Å². The molecule has 0 aromatic heterocycles. The highest BCUT2D eigenvalue weighted by Crippen LogP contribution is 2.44. The standard InChI is InChI=1S/C41H76N2O9/c1-26(2)49-20-18-37(8,9)41(16,17)52-25-28(4)42-23-29-22-30(33(45)34(46)32(29)44)31(35(47)48)43-39(12,13)27(3)24-51-40(14,15)38(10,11)19-21-50-36(5,6)7/h22,26-28,31,42-46H,18-21,23-25H2,1-17H3,(H,47,48). The topological polar surface area (TPSA) is 159 Å². The molecule has 0 radical (unpaired) electrons. The molecular formula is C41H76N2O9. The lowest BCUT2D eigenvalue weighted by atomic mass is 9.74. The van der Waals surface area contributed by atoms with Gasteiger partial charge >= 0.3 is 5.97 Å². The average Bonchev–Trinajstić information content (AvgIpc) is 2.98. The van der Waals surface area contributed by atoms with E-state index < -0.39 is 46.0 Å². The van der Waals surface area contributed by atoms with Crippen molar-refractivity contribution in [2.24, 2.45) is 16.7 Å². The summed E-state index contributed by atoms with van der Waals surface area (Å²) in [5, 5.41) is 49.2. The maximum atomic E-state index is 12.7. The highest BCUT2D eigenvalue weighted by molar-refractivity contribution is 5.78. The Bertz CT molecular complexity index is 1280. The zero-order chi connectivity index (χ0) is 40.7. The maximum absolute atomic E-state index is 12.7. The Morgan fingerprint density at radius 3 is 1.69 bits per heavy atom. The van der Waals surface area contributed by atoms with E-state index in [2.05, 4.69) is 66.0 Å². The van der Waals surface area contributed by atoms with Gasteiger partial charge in [0.2, 0.25) is 5.75 Å². The molecule has 0 heterocycles. The number of ether oxygens (including phenoxy) is 4. The van der Waals surface area contributed by atoms with Crippen molar-refractivity contribution < 1.29 is 44.2 Å². The lowest BCUT2D eigenvalue weighted by molar-refractivity contribution is -0.141. The lowest BCUT2D eigenvalue weighted by Crippen LogP contribution is -2.52. The van der Waals surface area contributed by atoms with E-state index in [1.807, 2.05) is 62.3 Å². The van der Waals surface area contributed by atoms with E-state index in [-0.39, 0.29) is 52.2 Å². The molecule has 6 N–H and O–H groups in total. The van der Waals surface area contributed by atoms with Crippen molar-refractivity contribution in [2.75, 3.05) is 26.4 Å². The molecular weight excluding hydrogens is 664 g/mol. The van der Waals surface area contributed by atoms with Gasteiger partial charge in [0.1, 0.15) is 6.04 Å². The summed E-state index contributed by atoms with van der Waals surface area (Å²) in [6, 6.07) is -0.138. The predicted molar refractivity (Wildman–Crippen MR) is 208 cm³/mol. The van der Waals surface area contributed by atoms with Crippen molar-refractivity contribution in [1.82, 2.24) is 10.6 Å². The van der Waals surface area contributed by atoms with Crippen LogP contribution in [0.15, 0.2) is 6.07 Å². The van der Waals surface area contributed by atoms with Crippen LogP contribution in [-0.4, -0.2) is 87.3 Å². The first kappa shape index (κ1) is 47.9. The van der Waals surface area contributed by atoms with Crippen LogP contribution in [0.2, 0.25) is 0 Å². The van der Waals surface area contributed by atoms with Crippen molar-refractivity contribution in [1.29, 1.82) is 0 Å². The molecule has 0 saturated carbocycles. The van der Waals surface area contributed by atoms with Crippen LogP contribution < -0.4 is 10.6 Å².